The molecule has 0 amide bonds. The zero-order valence-electron chi connectivity index (χ0n) is 9.63. The van der Waals surface area contributed by atoms with Gasteiger partial charge in [-0.05, 0) is 38.6 Å². The normalized spacial score (nSPS) is 30.2. The molecule has 0 aliphatic heterocycles. The van der Waals surface area contributed by atoms with Crippen molar-refractivity contribution in [3.8, 4) is 0 Å². The van der Waals surface area contributed by atoms with Crippen LogP contribution in [0.5, 0.6) is 0 Å². The van der Waals surface area contributed by atoms with Crippen LogP contribution in [0.15, 0.2) is 0 Å². The van der Waals surface area contributed by atoms with E-state index >= 15 is 0 Å². The summed E-state index contributed by atoms with van der Waals surface area (Å²) in [6.45, 7) is 5.12. The average molecular weight is 199 g/mol. The lowest BCUT2D eigenvalue weighted by Crippen LogP contribution is -2.35. The van der Waals surface area contributed by atoms with Crippen molar-refractivity contribution in [2.24, 2.45) is 5.92 Å². The lowest BCUT2D eigenvalue weighted by atomic mass is 9.84. The maximum atomic E-state index is 9.14. The Labute approximate surface area is 88.1 Å². The van der Waals surface area contributed by atoms with E-state index in [0.717, 1.165) is 18.9 Å². The van der Waals surface area contributed by atoms with Crippen LogP contribution >= 0.6 is 0 Å². The first-order valence-electron chi connectivity index (χ1n) is 6.13. The van der Waals surface area contributed by atoms with Gasteiger partial charge < -0.3 is 10.4 Å². The van der Waals surface area contributed by atoms with Crippen molar-refractivity contribution >= 4 is 0 Å². The van der Waals surface area contributed by atoms with Crippen LogP contribution in [0.1, 0.15) is 52.4 Å². The smallest absolute Gasteiger partial charge is 0.0524 e. The molecule has 0 bridgehead atoms. The summed E-state index contributed by atoms with van der Waals surface area (Å²) in [5.74, 6) is 0.938. The topological polar surface area (TPSA) is 32.3 Å². The predicted molar refractivity (Wildman–Crippen MR) is 60.3 cm³/mol. The Morgan fingerprint density at radius 1 is 1.43 bits per heavy atom. The van der Waals surface area contributed by atoms with E-state index in [4.69, 9.17) is 5.11 Å². The molecule has 84 valence electrons. The molecule has 1 rings (SSSR count). The fourth-order valence-corrected chi connectivity index (χ4v) is 2.34. The summed E-state index contributed by atoms with van der Waals surface area (Å²) in [6, 6.07) is 0.715. The molecule has 1 aliphatic rings. The van der Waals surface area contributed by atoms with Crippen LogP contribution < -0.4 is 5.32 Å². The maximum Gasteiger partial charge on any atom is 0.0524 e. The molecule has 1 aliphatic carbocycles. The van der Waals surface area contributed by atoms with Gasteiger partial charge in [0.05, 0.1) is 6.10 Å². The Morgan fingerprint density at radius 2 is 2.21 bits per heavy atom. The quantitative estimate of drug-likeness (QED) is 0.712. The van der Waals surface area contributed by atoms with Crippen molar-refractivity contribution in [3.63, 3.8) is 0 Å². The number of aliphatic hydroxyl groups is 1. The third-order valence-corrected chi connectivity index (χ3v) is 3.36. The third kappa shape index (κ3) is 4.43. The highest BCUT2D eigenvalue weighted by Gasteiger charge is 2.19. The summed E-state index contributed by atoms with van der Waals surface area (Å²) >= 11 is 0. The first-order valence-corrected chi connectivity index (χ1v) is 6.13. The van der Waals surface area contributed by atoms with E-state index in [1.54, 1.807) is 0 Å². The van der Waals surface area contributed by atoms with Crippen molar-refractivity contribution in [3.05, 3.63) is 0 Å². The van der Waals surface area contributed by atoms with Crippen molar-refractivity contribution < 1.29 is 5.11 Å². The van der Waals surface area contributed by atoms with Crippen molar-refractivity contribution in [1.29, 1.82) is 0 Å². The Kier molecular flexibility index (Phi) is 5.49. The van der Waals surface area contributed by atoms with E-state index in [2.05, 4.69) is 12.2 Å². The average Bonchev–Trinajstić information content (AvgIpc) is 2.18. The summed E-state index contributed by atoms with van der Waals surface area (Å²) in [5, 5.41) is 12.7. The highest BCUT2D eigenvalue weighted by Crippen LogP contribution is 2.26. The lowest BCUT2D eigenvalue weighted by molar-refractivity contribution is 0.178. The second-order valence-corrected chi connectivity index (χ2v) is 4.73. The molecule has 1 saturated carbocycles. The van der Waals surface area contributed by atoms with Gasteiger partial charge in [0.15, 0.2) is 0 Å². The van der Waals surface area contributed by atoms with E-state index in [0.29, 0.717) is 6.04 Å². The predicted octanol–water partition coefficient (Wildman–Crippen LogP) is 2.32. The van der Waals surface area contributed by atoms with Gasteiger partial charge in [0.2, 0.25) is 0 Å². The molecule has 0 radical (unpaired) electrons. The summed E-state index contributed by atoms with van der Waals surface area (Å²) in [4.78, 5) is 0. The van der Waals surface area contributed by atoms with Gasteiger partial charge in [-0.2, -0.15) is 0 Å². The molecule has 2 heteroatoms. The molecule has 2 N–H and O–H groups in total. The van der Waals surface area contributed by atoms with E-state index in [1.165, 1.54) is 32.1 Å². The molecular weight excluding hydrogens is 174 g/mol. The van der Waals surface area contributed by atoms with Gasteiger partial charge in [-0.25, -0.2) is 0 Å². The van der Waals surface area contributed by atoms with Crippen molar-refractivity contribution in [2.45, 2.75) is 64.5 Å². The first-order chi connectivity index (χ1) is 6.72. The van der Waals surface area contributed by atoms with E-state index in [9.17, 15) is 0 Å². The second kappa shape index (κ2) is 6.41. The molecule has 3 unspecified atom stereocenters. The van der Waals surface area contributed by atoms with Crippen LogP contribution in [-0.4, -0.2) is 23.8 Å². The zero-order chi connectivity index (χ0) is 10.4. The molecule has 0 aromatic rings. The highest BCUT2D eigenvalue weighted by atomic mass is 16.3. The molecule has 0 aromatic heterocycles. The maximum absolute atomic E-state index is 9.14. The van der Waals surface area contributed by atoms with Crippen LogP contribution in [0, 0.1) is 5.92 Å². The minimum absolute atomic E-state index is 0.159. The van der Waals surface area contributed by atoms with E-state index in [-0.39, 0.29) is 6.10 Å². The van der Waals surface area contributed by atoms with Gasteiger partial charge >= 0.3 is 0 Å². The number of rotatable bonds is 5. The lowest BCUT2D eigenvalue weighted by Gasteiger charge is -2.29. The Balaban J connectivity index is 2.11. The van der Waals surface area contributed by atoms with Crippen LogP contribution in [-0.2, 0) is 0 Å². The number of hydrogen-bond acceptors (Lipinski definition) is 2. The van der Waals surface area contributed by atoms with Gasteiger partial charge in [0.25, 0.3) is 0 Å². The van der Waals surface area contributed by atoms with E-state index in [1.807, 2.05) is 6.92 Å². The summed E-state index contributed by atoms with van der Waals surface area (Å²) < 4.78 is 0. The Bertz CT molecular complexity index is 147. The molecule has 14 heavy (non-hydrogen) atoms. The summed E-state index contributed by atoms with van der Waals surface area (Å²) in [6.07, 6.45) is 7.53. The number of nitrogens with one attached hydrogen (secondary N) is 1. The molecule has 0 spiro atoms. The van der Waals surface area contributed by atoms with E-state index < -0.39 is 0 Å². The zero-order valence-corrected chi connectivity index (χ0v) is 9.63. The van der Waals surface area contributed by atoms with Gasteiger partial charge in [-0.15, -0.1) is 0 Å². The second-order valence-electron chi connectivity index (χ2n) is 4.73. The summed E-state index contributed by atoms with van der Waals surface area (Å²) in [5.41, 5.74) is 0. The van der Waals surface area contributed by atoms with Gasteiger partial charge in [0, 0.05) is 6.04 Å². The largest absolute Gasteiger partial charge is 0.393 e. The van der Waals surface area contributed by atoms with Crippen LogP contribution in [0.4, 0.5) is 0 Å². The number of hydrogen-bond donors (Lipinski definition) is 2. The molecule has 0 aromatic carbocycles. The third-order valence-electron chi connectivity index (χ3n) is 3.36. The minimum atomic E-state index is -0.159. The monoisotopic (exact) mass is 199 g/mol. The Hall–Kier alpha value is -0.0800. The molecule has 2 nitrogen and oxygen atoms in total. The van der Waals surface area contributed by atoms with Gasteiger partial charge in [0.1, 0.15) is 0 Å². The standard InChI is InChI=1S/C12H25NO/c1-3-11-5-4-6-12(9-11)13-8-7-10(2)14/h10-14H,3-9H2,1-2H3. The fourth-order valence-electron chi connectivity index (χ4n) is 2.34. The minimum Gasteiger partial charge on any atom is -0.393 e. The van der Waals surface area contributed by atoms with Crippen LogP contribution in [0.25, 0.3) is 0 Å². The molecule has 0 saturated heterocycles. The van der Waals surface area contributed by atoms with Crippen LogP contribution in [0.3, 0.4) is 0 Å². The SMILES string of the molecule is CCC1CCCC(NCCC(C)O)C1. The van der Waals surface area contributed by atoms with Crippen LogP contribution in [0.2, 0.25) is 0 Å². The van der Waals surface area contributed by atoms with Gasteiger partial charge in [-0.3, -0.25) is 0 Å². The first kappa shape index (κ1) is 12.0. The van der Waals surface area contributed by atoms with Crippen molar-refractivity contribution in [2.75, 3.05) is 6.54 Å². The molecule has 3 atom stereocenters. The number of aliphatic hydroxyl groups excluding tert-OH is 1. The fraction of sp³-hybridized carbons (Fsp3) is 1.00. The Morgan fingerprint density at radius 3 is 2.86 bits per heavy atom. The van der Waals surface area contributed by atoms with Crippen molar-refractivity contribution in [1.82, 2.24) is 5.32 Å². The highest BCUT2D eigenvalue weighted by molar-refractivity contribution is 4.77. The molecule has 1 fully saturated rings. The molecule has 0 heterocycles. The molecular formula is C12H25NO. The van der Waals surface area contributed by atoms with Gasteiger partial charge in [-0.1, -0.05) is 26.2 Å². The summed E-state index contributed by atoms with van der Waals surface area (Å²) in [7, 11) is 0.